The molecular weight excluding hydrogens is 287 g/mol. The molecule has 0 fully saturated rings. The molecule has 4 nitrogen and oxygen atoms in total. The van der Waals surface area contributed by atoms with Gasteiger partial charge in [0.2, 0.25) is 0 Å². The number of carbonyl (C=O) groups is 2. The third-order valence-electron chi connectivity index (χ3n) is 3.23. The summed E-state index contributed by atoms with van der Waals surface area (Å²) in [5.41, 5.74) is 0. The lowest BCUT2D eigenvalue weighted by molar-refractivity contribution is -0.152. The highest BCUT2D eigenvalue weighted by atomic mass is 19.1. The first kappa shape index (κ1) is 18.1. The fraction of sp³-hybridized carbons (Fsp3) is 0.529. The van der Waals surface area contributed by atoms with Crippen LogP contribution >= 0.6 is 0 Å². The molecule has 5 heteroatoms. The second-order valence-electron chi connectivity index (χ2n) is 5.07. The lowest BCUT2D eigenvalue weighted by atomic mass is 10.1. The van der Waals surface area contributed by atoms with Crippen LogP contribution in [-0.4, -0.2) is 18.0 Å². The van der Waals surface area contributed by atoms with Gasteiger partial charge < -0.3 is 9.47 Å². The highest BCUT2D eigenvalue weighted by Gasteiger charge is 2.15. The Kier molecular flexibility index (Phi) is 8.18. The van der Waals surface area contributed by atoms with Crippen LogP contribution in [0.15, 0.2) is 24.3 Å². The van der Waals surface area contributed by atoms with Crippen molar-refractivity contribution in [3.05, 3.63) is 30.1 Å². The first-order valence-corrected chi connectivity index (χ1v) is 7.71. The molecule has 0 spiro atoms. The normalized spacial score (nSPS) is 11.8. The van der Waals surface area contributed by atoms with Crippen LogP contribution < -0.4 is 4.74 Å². The van der Waals surface area contributed by atoms with E-state index in [0.29, 0.717) is 0 Å². The maximum Gasteiger partial charge on any atom is 0.311 e. The molecule has 0 bridgehead atoms. The van der Waals surface area contributed by atoms with Gasteiger partial charge in [0.1, 0.15) is 6.10 Å². The van der Waals surface area contributed by atoms with Crippen LogP contribution in [-0.2, 0) is 14.3 Å². The summed E-state index contributed by atoms with van der Waals surface area (Å²) >= 11 is 0. The van der Waals surface area contributed by atoms with Crippen molar-refractivity contribution in [2.75, 3.05) is 0 Å². The van der Waals surface area contributed by atoms with Crippen LogP contribution in [0.5, 0.6) is 5.75 Å². The quantitative estimate of drug-likeness (QED) is 0.510. The number of para-hydroxylation sites is 1. The molecule has 22 heavy (non-hydrogen) atoms. The number of halogens is 1. The SMILES string of the molecule is CCCCC(CC)OC(=O)CCC(=O)Oc1ccccc1F. The number of unbranched alkanes of at least 4 members (excludes halogenated alkanes) is 1. The van der Waals surface area contributed by atoms with Crippen LogP contribution in [0.4, 0.5) is 4.39 Å². The third kappa shape index (κ3) is 6.70. The zero-order valence-corrected chi connectivity index (χ0v) is 13.1. The predicted octanol–water partition coefficient (Wildman–Crippen LogP) is 4.02. The molecule has 0 aliphatic rings. The number of hydrogen-bond donors (Lipinski definition) is 0. The molecule has 0 N–H and O–H groups in total. The molecule has 0 amide bonds. The van der Waals surface area contributed by atoms with Crippen molar-refractivity contribution >= 4 is 11.9 Å². The zero-order chi connectivity index (χ0) is 16.4. The molecule has 0 radical (unpaired) electrons. The molecule has 1 unspecified atom stereocenters. The predicted molar refractivity (Wildman–Crippen MR) is 81.0 cm³/mol. The molecular formula is C17H23FO4. The third-order valence-corrected chi connectivity index (χ3v) is 3.23. The van der Waals surface area contributed by atoms with Gasteiger partial charge in [-0.25, -0.2) is 4.39 Å². The van der Waals surface area contributed by atoms with E-state index in [9.17, 15) is 14.0 Å². The molecule has 0 aliphatic heterocycles. The van der Waals surface area contributed by atoms with Crippen LogP contribution in [0.1, 0.15) is 52.4 Å². The van der Waals surface area contributed by atoms with E-state index in [0.717, 1.165) is 25.7 Å². The molecule has 1 rings (SSSR count). The maximum absolute atomic E-state index is 13.3. The van der Waals surface area contributed by atoms with Gasteiger partial charge in [0, 0.05) is 0 Å². The second kappa shape index (κ2) is 9.92. The maximum atomic E-state index is 13.3. The second-order valence-corrected chi connectivity index (χ2v) is 5.07. The van der Waals surface area contributed by atoms with Gasteiger partial charge in [0.05, 0.1) is 12.8 Å². The van der Waals surface area contributed by atoms with Crippen LogP contribution in [0.2, 0.25) is 0 Å². The molecule has 0 saturated carbocycles. The summed E-state index contributed by atoms with van der Waals surface area (Å²) < 4.78 is 23.5. The van der Waals surface area contributed by atoms with Gasteiger partial charge in [-0.1, -0.05) is 38.8 Å². The standard InChI is InChI=1S/C17H23FO4/c1-3-5-8-13(4-2)21-16(19)11-12-17(20)22-15-10-7-6-9-14(15)18/h6-7,9-10,13H,3-5,8,11-12H2,1-2H3. The number of esters is 2. The fourth-order valence-electron chi connectivity index (χ4n) is 1.93. The molecule has 122 valence electrons. The van der Waals surface area contributed by atoms with Crippen molar-refractivity contribution in [1.29, 1.82) is 0 Å². The van der Waals surface area contributed by atoms with Gasteiger partial charge in [-0.05, 0) is 25.0 Å². The van der Waals surface area contributed by atoms with E-state index in [1.807, 2.05) is 6.92 Å². The summed E-state index contributed by atoms with van der Waals surface area (Å²) in [6.07, 6.45) is 3.34. The Morgan fingerprint density at radius 2 is 1.82 bits per heavy atom. The molecule has 1 atom stereocenters. The molecule has 0 heterocycles. The van der Waals surface area contributed by atoms with Gasteiger partial charge in [0.25, 0.3) is 0 Å². The molecule has 0 aliphatic carbocycles. The summed E-state index contributed by atoms with van der Waals surface area (Å²) in [6.45, 7) is 4.04. The highest BCUT2D eigenvalue weighted by Crippen LogP contribution is 2.16. The Morgan fingerprint density at radius 3 is 2.45 bits per heavy atom. The van der Waals surface area contributed by atoms with E-state index in [1.54, 1.807) is 6.07 Å². The minimum Gasteiger partial charge on any atom is -0.462 e. The van der Waals surface area contributed by atoms with Crippen molar-refractivity contribution in [2.24, 2.45) is 0 Å². The van der Waals surface area contributed by atoms with Gasteiger partial charge in [-0.15, -0.1) is 0 Å². The van der Waals surface area contributed by atoms with E-state index < -0.39 is 17.8 Å². The topological polar surface area (TPSA) is 52.6 Å². The number of hydrogen-bond acceptors (Lipinski definition) is 4. The Labute approximate surface area is 130 Å². The summed E-state index contributed by atoms with van der Waals surface area (Å²) in [6, 6.07) is 5.64. The fourth-order valence-corrected chi connectivity index (χ4v) is 1.93. The summed E-state index contributed by atoms with van der Waals surface area (Å²) in [5.74, 6) is -1.81. The van der Waals surface area contributed by atoms with Crippen LogP contribution in [0, 0.1) is 5.82 Å². The van der Waals surface area contributed by atoms with Crippen molar-refractivity contribution in [2.45, 2.75) is 58.5 Å². The Hall–Kier alpha value is -1.91. The Bertz CT molecular complexity index is 487. The number of benzene rings is 1. The molecule has 1 aromatic carbocycles. The minimum atomic E-state index is -0.649. The van der Waals surface area contributed by atoms with E-state index >= 15 is 0 Å². The van der Waals surface area contributed by atoms with E-state index in [2.05, 4.69) is 6.92 Å². The average Bonchev–Trinajstić information content (AvgIpc) is 2.51. The van der Waals surface area contributed by atoms with E-state index in [1.165, 1.54) is 18.2 Å². The summed E-state index contributed by atoms with van der Waals surface area (Å²) in [4.78, 5) is 23.3. The van der Waals surface area contributed by atoms with E-state index in [-0.39, 0.29) is 24.7 Å². The number of carbonyl (C=O) groups excluding carboxylic acids is 2. The molecule has 0 saturated heterocycles. The van der Waals surface area contributed by atoms with Gasteiger partial charge >= 0.3 is 11.9 Å². The summed E-state index contributed by atoms with van der Waals surface area (Å²) in [7, 11) is 0. The molecule has 0 aromatic heterocycles. The smallest absolute Gasteiger partial charge is 0.311 e. The first-order valence-electron chi connectivity index (χ1n) is 7.71. The van der Waals surface area contributed by atoms with Crippen molar-refractivity contribution in [3.8, 4) is 5.75 Å². The Morgan fingerprint density at radius 1 is 1.14 bits per heavy atom. The number of ether oxygens (including phenoxy) is 2. The lowest BCUT2D eigenvalue weighted by Crippen LogP contribution is -2.19. The lowest BCUT2D eigenvalue weighted by Gasteiger charge is -2.15. The average molecular weight is 310 g/mol. The number of rotatable bonds is 9. The van der Waals surface area contributed by atoms with E-state index in [4.69, 9.17) is 9.47 Å². The van der Waals surface area contributed by atoms with Crippen molar-refractivity contribution in [3.63, 3.8) is 0 Å². The van der Waals surface area contributed by atoms with Crippen LogP contribution in [0.3, 0.4) is 0 Å². The first-order chi connectivity index (χ1) is 10.6. The van der Waals surface area contributed by atoms with Crippen molar-refractivity contribution in [1.82, 2.24) is 0 Å². The zero-order valence-electron chi connectivity index (χ0n) is 13.1. The van der Waals surface area contributed by atoms with Crippen LogP contribution in [0.25, 0.3) is 0 Å². The van der Waals surface area contributed by atoms with Gasteiger partial charge in [0.15, 0.2) is 11.6 Å². The monoisotopic (exact) mass is 310 g/mol. The Balaban J connectivity index is 2.34. The summed E-state index contributed by atoms with van der Waals surface area (Å²) in [5, 5.41) is 0. The van der Waals surface area contributed by atoms with Gasteiger partial charge in [-0.3, -0.25) is 9.59 Å². The highest BCUT2D eigenvalue weighted by molar-refractivity contribution is 5.79. The minimum absolute atomic E-state index is 0.0596. The largest absolute Gasteiger partial charge is 0.462 e. The van der Waals surface area contributed by atoms with Gasteiger partial charge in [-0.2, -0.15) is 0 Å². The molecule has 1 aromatic rings. The van der Waals surface area contributed by atoms with Crippen molar-refractivity contribution < 1.29 is 23.5 Å².